The van der Waals surface area contributed by atoms with E-state index >= 15 is 0 Å². The van der Waals surface area contributed by atoms with Gasteiger partial charge in [-0.15, -0.1) is 0 Å². The van der Waals surface area contributed by atoms with Crippen LogP contribution in [0.3, 0.4) is 0 Å². The monoisotopic (exact) mass is 171 g/mol. The van der Waals surface area contributed by atoms with Crippen LogP contribution in [0.5, 0.6) is 0 Å². The van der Waals surface area contributed by atoms with Gasteiger partial charge in [0.15, 0.2) is 0 Å². The second-order valence-electron chi connectivity index (χ2n) is 3.50. The first-order valence-electron chi connectivity index (χ1n) is 4.94. The van der Waals surface area contributed by atoms with Crippen LogP contribution in [0.2, 0.25) is 0 Å². The second kappa shape index (κ2) is 4.21. The normalized spacial score (nSPS) is 29.0. The lowest BCUT2D eigenvalue weighted by Crippen LogP contribution is -2.36. The molecule has 12 heavy (non-hydrogen) atoms. The summed E-state index contributed by atoms with van der Waals surface area (Å²) in [7, 11) is 0. The van der Waals surface area contributed by atoms with Crippen LogP contribution < -0.4 is 0 Å². The highest BCUT2D eigenvalue weighted by Crippen LogP contribution is 2.16. The van der Waals surface area contributed by atoms with Crippen molar-refractivity contribution < 1.29 is 9.47 Å². The van der Waals surface area contributed by atoms with Gasteiger partial charge in [-0.1, -0.05) is 12.8 Å². The first-order chi connectivity index (χ1) is 5.97. The minimum absolute atomic E-state index is 0.0249. The first kappa shape index (κ1) is 8.48. The fourth-order valence-corrected chi connectivity index (χ4v) is 1.86. The maximum Gasteiger partial charge on any atom is 0.218 e. The standard InChI is InChI=1S/C9H17NO2/c1-2-4-6-10(5-3-1)9-11-7-8-12-9/h9H,1-8H2. The Morgan fingerprint density at radius 1 is 0.833 bits per heavy atom. The third kappa shape index (κ3) is 1.97. The molecule has 0 bridgehead atoms. The fraction of sp³-hybridized carbons (Fsp3) is 1.00. The number of ether oxygens (including phenoxy) is 2. The van der Waals surface area contributed by atoms with E-state index in [1.54, 1.807) is 0 Å². The molecule has 0 aromatic heterocycles. The van der Waals surface area contributed by atoms with Gasteiger partial charge in [-0.3, -0.25) is 4.90 Å². The van der Waals surface area contributed by atoms with E-state index in [-0.39, 0.29) is 6.41 Å². The lowest BCUT2D eigenvalue weighted by atomic mass is 10.2. The van der Waals surface area contributed by atoms with Gasteiger partial charge in [0.25, 0.3) is 0 Å². The summed E-state index contributed by atoms with van der Waals surface area (Å²) < 4.78 is 10.9. The average molecular weight is 171 g/mol. The predicted molar refractivity (Wildman–Crippen MR) is 45.7 cm³/mol. The Hall–Kier alpha value is -0.120. The molecule has 2 aliphatic rings. The summed E-state index contributed by atoms with van der Waals surface area (Å²) in [6, 6.07) is 0. The molecule has 3 nitrogen and oxygen atoms in total. The van der Waals surface area contributed by atoms with E-state index in [2.05, 4.69) is 4.90 Å². The van der Waals surface area contributed by atoms with Gasteiger partial charge >= 0.3 is 0 Å². The topological polar surface area (TPSA) is 21.7 Å². The molecule has 0 unspecified atom stereocenters. The fourth-order valence-electron chi connectivity index (χ4n) is 1.86. The highest BCUT2D eigenvalue weighted by atomic mass is 16.7. The Labute approximate surface area is 73.6 Å². The lowest BCUT2D eigenvalue weighted by molar-refractivity contribution is -0.151. The van der Waals surface area contributed by atoms with Gasteiger partial charge in [0, 0.05) is 13.1 Å². The molecule has 0 amide bonds. The number of rotatable bonds is 1. The van der Waals surface area contributed by atoms with Gasteiger partial charge in [-0.05, 0) is 12.8 Å². The van der Waals surface area contributed by atoms with E-state index < -0.39 is 0 Å². The Morgan fingerprint density at radius 2 is 1.42 bits per heavy atom. The summed E-state index contributed by atoms with van der Waals surface area (Å²) >= 11 is 0. The molecule has 0 aromatic rings. The largest absolute Gasteiger partial charge is 0.337 e. The van der Waals surface area contributed by atoms with Crippen molar-refractivity contribution in [2.45, 2.75) is 32.1 Å². The van der Waals surface area contributed by atoms with E-state index in [0.29, 0.717) is 0 Å². The summed E-state index contributed by atoms with van der Waals surface area (Å²) in [5, 5.41) is 0. The van der Waals surface area contributed by atoms with E-state index in [0.717, 1.165) is 26.3 Å². The van der Waals surface area contributed by atoms with Crippen LogP contribution in [0.25, 0.3) is 0 Å². The molecule has 2 heterocycles. The van der Waals surface area contributed by atoms with Crippen LogP contribution in [0.15, 0.2) is 0 Å². The SMILES string of the molecule is C1CCCN(C2OCCO2)CC1. The molecule has 0 atom stereocenters. The number of hydrogen-bond donors (Lipinski definition) is 0. The van der Waals surface area contributed by atoms with Crippen LogP contribution in [-0.4, -0.2) is 37.6 Å². The van der Waals surface area contributed by atoms with Crippen molar-refractivity contribution in [2.24, 2.45) is 0 Å². The second-order valence-corrected chi connectivity index (χ2v) is 3.50. The van der Waals surface area contributed by atoms with E-state index in [1.165, 1.54) is 25.7 Å². The van der Waals surface area contributed by atoms with E-state index in [9.17, 15) is 0 Å². The number of hydrogen-bond acceptors (Lipinski definition) is 3. The van der Waals surface area contributed by atoms with Crippen molar-refractivity contribution in [1.82, 2.24) is 4.90 Å². The van der Waals surface area contributed by atoms with E-state index in [1.807, 2.05) is 0 Å². The minimum Gasteiger partial charge on any atom is -0.337 e. The molecule has 2 fully saturated rings. The highest BCUT2D eigenvalue weighted by molar-refractivity contribution is 4.64. The summed E-state index contributed by atoms with van der Waals surface area (Å²) in [5.41, 5.74) is 0. The Kier molecular flexibility index (Phi) is 2.98. The van der Waals surface area contributed by atoms with Crippen LogP contribution in [-0.2, 0) is 9.47 Å². The van der Waals surface area contributed by atoms with Crippen molar-refractivity contribution in [3.63, 3.8) is 0 Å². The zero-order chi connectivity index (χ0) is 8.23. The lowest BCUT2D eigenvalue weighted by Gasteiger charge is -2.24. The molecular formula is C9H17NO2. The Balaban J connectivity index is 1.83. The molecule has 70 valence electrons. The predicted octanol–water partition coefficient (Wildman–Crippen LogP) is 1.19. The van der Waals surface area contributed by atoms with Gasteiger partial charge in [0.2, 0.25) is 6.41 Å². The maximum atomic E-state index is 5.45. The molecule has 3 heteroatoms. The van der Waals surface area contributed by atoms with Crippen LogP contribution in [0.1, 0.15) is 25.7 Å². The summed E-state index contributed by atoms with van der Waals surface area (Å²) in [6.45, 7) is 3.82. The summed E-state index contributed by atoms with van der Waals surface area (Å²) in [4.78, 5) is 2.32. The van der Waals surface area contributed by atoms with Gasteiger partial charge in [-0.25, -0.2) is 0 Å². The van der Waals surface area contributed by atoms with E-state index in [4.69, 9.17) is 9.47 Å². The van der Waals surface area contributed by atoms with Crippen molar-refractivity contribution in [3.05, 3.63) is 0 Å². The van der Waals surface area contributed by atoms with Crippen LogP contribution in [0, 0.1) is 0 Å². The van der Waals surface area contributed by atoms with Gasteiger partial charge in [-0.2, -0.15) is 0 Å². The third-order valence-corrected chi connectivity index (χ3v) is 2.54. The van der Waals surface area contributed by atoms with Crippen LogP contribution in [0.4, 0.5) is 0 Å². The number of nitrogens with zero attached hydrogens (tertiary/aromatic N) is 1. The quantitative estimate of drug-likeness (QED) is 0.591. The van der Waals surface area contributed by atoms with Crippen LogP contribution >= 0.6 is 0 Å². The maximum absolute atomic E-state index is 5.45. The third-order valence-electron chi connectivity index (χ3n) is 2.54. The zero-order valence-corrected chi connectivity index (χ0v) is 7.50. The van der Waals surface area contributed by atoms with Crippen molar-refractivity contribution in [1.29, 1.82) is 0 Å². The Bertz CT molecular complexity index is 126. The van der Waals surface area contributed by atoms with Gasteiger partial charge in [0.05, 0.1) is 13.2 Å². The van der Waals surface area contributed by atoms with Crippen molar-refractivity contribution in [3.8, 4) is 0 Å². The van der Waals surface area contributed by atoms with Crippen molar-refractivity contribution in [2.75, 3.05) is 26.3 Å². The molecule has 2 aliphatic heterocycles. The molecule has 2 saturated heterocycles. The minimum atomic E-state index is -0.0249. The number of likely N-dealkylation sites (tertiary alicyclic amines) is 1. The molecule has 0 saturated carbocycles. The summed E-state index contributed by atoms with van der Waals surface area (Å²) in [5.74, 6) is 0. The highest BCUT2D eigenvalue weighted by Gasteiger charge is 2.24. The molecule has 0 radical (unpaired) electrons. The molecular weight excluding hydrogens is 154 g/mol. The smallest absolute Gasteiger partial charge is 0.218 e. The summed E-state index contributed by atoms with van der Waals surface area (Å²) in [6.07, 6.45) is 5.29. The zero-order valence-electron chi connectivity index (χ0n) is 7.50. The average Bonchev–Trinajstić information content (AvgIpc) is 2.48. The molecule has 0 spiro atoms. The van der Waals surface area contributed by atoms with Gasteiger partial charge < -0.3 is 9.47 Å². The Morgan fingerprint density at radius 3 is 2.00 bits per heavy atom. The molecule has 0 aliphatic carbocycles. The molecule has 0 N–H and O–H groups in total. The van der Waals surface area contributed by atoms with Gasteiger partial charge in [0.1, 0.15) is 0 Å². The molecule has 0 aromatic carbocycles. The van der Waals surface area contributed by atoms with Crippen molar-refractivity contribution >= 4 is 0 Å². The molecule has 2 rings (SSSR count). The first-order valence-corrected chi connectivity index (χ1v) is 4.94.